The molecule has 6 nitrogen and oxygen atoms in total. The first-order chi connectivity index (χ1) is 13.3. The van der Waals surface area contributed by atoms with Crippen molar-refractivity contribution in [3.8, 4) is 0 Å². The van der Waals surface area contributed by atoms with Crippen LogP contribution in [0.3, 0.4) is 0 Å². The lowest BCUT2D eigenvalue weighted by molar-refractivity contribution is -0.138. The smallest absolute Gasteiger partial charge is 0.255 e. The molecule has 0 saturated carbocycles. The zero-order chi connectivity index (χ0) is 20.3. The molecule has 2 atom stereocenters. The molecule has 28 heavy (non-hydrogen) atoms. The summed E-state index contributed by atoms with van der Waals surface area (Å²) in [5, 5.41) is 15.1. The molecule has 2 unspecified atom stereocenters. The molecule has 1 aliphatic rings. The molecule has 1 saturated heterocycles. The number of anilines is 1. The topological polar surface area (TPSA) is 87.7 Å². The van der Waals surface area contributed by atoms with Crippen LogP contribution in [0.4, 0.5) is 5.69 Å². The summed E-state index contributed by atoms with van der Waals surface area (Å²) >= 11 is 0. The van der Waals surface area contributed by atoms with Crippen LogP contribution >= 0.6 is 0 Å². The molecule has 1 heterocycles. The minimum Gasteiger partial charge on any atom is -0.394 e. The number of carbonyl (C=O) groups is 2. The Kier molecular flexibility index (Phi) is 5.82. The van der Waals surface area contributed by atoms with Gasteiger partial charge in [-0.05, 0) is 40.8 Å². The second-order valence-electron chi connectivity index (χ2n) is 7.99. The van der Waals surface area contributed by atoms with Crippen molar-refractivity contribution in [2.75, 3.05) is 18.5 Å². The highest BCUT2D eigenvalue weighted by atomic mass is 16.5. The van der Waals surface area contributed by atoms with Gasteiger partial charge in [0, 0.05) is 11.3 Å². The number of carbonyl (C=O) groups excluding carboxylic acids is 2. The second kappa shape index (κ2) is 8.12. The average Bonchev–Trinajstić information content (AvgIpc) is 2.68. The van der Waals surface area contributed by atoms with E-state index in [1.54, 1.807) is 12.1 Å². The highest BCUT2D eigenvalue weighted by Gasteiger charge is 2.30. The van der Waals surface area contributed by atoms with E-state index in [9.17, 15) is 14.7 Å². The summed E-state index contributed by atoms with van der Waals surface area (Å²) in [5.41, 5.74) is 3.29. The van der Waals surface area contributed by atoms with E-state index in [0.717, 1.165) is 5.56 Å². The summed E-state index contributed by atoms with van der Waals surface area (Å²) in [7, 11) is 0. The SMILES string of the molecule is CC(C)(C)c1ccc(C(=O)Nc2ccc(C3OCC(=O)NC3CO)cc2)cc1. The van der Waals surface area contributed by atoms with Gasteiger partial charge in [0.2, 0.25) is 5.91 Å². The molecule has 0 aromatic heterocycles. The van der Waals surface area contributed by atoms with Crippen molar-refractivity contribution in [3.05, 3.63) is 65.2 Å². The van der Waals surface area contributed by atoms with Gasteiger partial charge in [0.1, 0.15) is 12.7 Å². The predicted molar refractivity (Wildman–Crippen MR) is 107 cm³/mol. The van der Waals surface area contributed by atoms with Crippen molar-refractivity contribution in [2.24, 2.45) is 0 Å². The van der Waals surface area contributed by atoms with E-state index >= 15 is 0 Å². The molecule has 1 fully saturated rings. The third-order valence-corrected chi connectivity index (χ3v) is 4.81. The first-order valence-corrected chi connectivity index (χ1v) is 9.31. The van der Waals surface area contributed by atoms with Crippen LogP contribution in [0.15, 0.2) is 48.5 Å². The van der Waals surface area contributed by atoms with E-state index in [-0.39, 0.29) is 30.4 Å². The highest BCUT2D eigenvalue weighted by Crippen LogP contribution is 2.26. The normalized spacial score (nSPS) is 19.8. The molecule has 2 aromatic rings. The highest BCUT2D eigenvalue weighted by molar-refractivity contribution is 6.04. The molecule has 0 radical (unpaired) electrons. The largest absolute Gasteiger partial charge is 0.394 e. The van der Waals surface area contributed by atoms with Gasteiger partial charge in [-0.3, -0.25) is 9.59 Å². The summed E-state index contributed by atoms with van der Waals surface area (Å²) in [6, 6.07) is 14.3. The summed E-state index contributed by atoms with van der Waals surface area (Å²) in [4.78, 5) is 23.9. The molecular formula is C22H26N2O4. The van der Waals surface area contributed by atoms with E-state index in [2.05, 4.69) is 31.4 Å². The Balaban J connectivity index is 1.67. The minimum atomic E-state index is -0.483. The molecule has 6 heteroatoms. The van der Waals surface area contributed by atoms with Crippen LogP contribution in [0.5, 0.6) is 0 Å². The number of amides is 2. The zero-order valence-corrected chi connectivity index (χ0v) is 16.4. The predicted octanol–water partition coefficient (Wildman–Crippen LogP) is 2.78. The Morgan fingerprint density at radius 1 is 1.14 bits per heavy atom. The Hall–Kier alpha value is -2.70. The molecule has 1 aliphatic heterocycles. The van der Waals surface area contributed by atoms with Gasteiger partial charge >= 0.3 is 0 Å². The molecule has 3 N–H and O–H groups in total. The van der Waals surface area contributed by atoms with E-state index in [0.29, 0.717) is 11.3 Å². The van der Waals surface area contributed by atoms with Gasteiger partial charge in [0.25, 0.3) is 5.91 Å². The number of aliphatic hydroxyl groups excluding tert-OH is 1. The van der Waals surface area contributed by atoms with Gasteiger partial charge in [-0.2, -0.15) is 0 Å². The Labute approximate surface area is 164 Å². The summed E-state index contributed by atoms with van der Waals surface area (Å²) < 4.78 is 5.55. The third kappa shape index (κ3) is 4.58. The molecule has 2 amide bonds. The summed E-state index contributed by atoms with van der Waals surface area (Å²) in [6.07, 6.45) is -0.419. The quantitative estimate of drug-likeness (QED) is 0.759. The van der Waals surface area contributed by atoms with Crippen molar-refractivity contribution in [1.29, 1.82) is 0 Å². The summed E-state index contributed by atoms with van der Waals surface area (Å²) in [6.45, 7) is 6.15. The van der Waals surface area contributed by atoms with E-state index in [1.807, 2.05) is 36.4 Å². The number of nitrogens with one attached hydrogen (secondary N) is 2. The van der Waals surface area contributed by atoms with Gasteiger partial charge in [-0.1, -0.05) is 45.0 Å². The monoisotopic (exact) mass is 382 g/mol. The van der Waals surface area contributed by atoms with Crippen molar-refractivity contribution >= 4 is 17.5 Å². The number of ether oxygens (including phenoxy) is 1. The van der Waals surface area contributed by atoms with E-state index < -0.39 is 12.1 Å². The van der Waals surface area contributed by atoms with Crippen LogP contribution in [-0.2, 0) is 14.9 Å². The molecule has 0 aliphatic carbocycles. The van der Waals surface area contributed by atoms with Crippen LogP contribution in [0.25, 0.3) is 0 Å². The maximum Gasteiger partial charge on any atom is 0.255 e. The lowest BCUT2D eigenvalue weighted by Gasteiger charge is -2.31. The lowest BCUT2D eigenvalue weighted by atomic mass is 9.87. The van der Waals surface area contributed by atoms with Crippen molar-refractivity contribution < 1.29 is 19.4 Å². The van der Waals surface area contributed by atoms with Gasteiger partial charge < -0.3 is 20.5 Å². The molecule has 0 bridgehead atoms. The van der Waals surface area contributed by atoms with Gasteiger partial charge in [0.15, 0.2) is 0 Å². The number of rotatable bonds is 4. The van der Waals surface area contributed by atoms with E-state index in [4.69, 9.17) is 4.74 Å². The zero-order valence-electron chi connectivity index (χ0n) is 16.4. The van der Waals surface area contributed by atoms with Crippen molar-refractivity contribution in [1.82, 2.24) is 5.32 Å². The van der Waals surface area contributed by atoms with Crippen LogP contribution < -0.4 is 10.6 Å². The average molecular weight is 382 g/mol. The van der Waals surface area contributed by atoms with Gasteiger partial charge in [-0.15, -0.1) is 0 Å². The molecule has 3 rings (SSSR count). The van der Waals surface area contributed by atoms with Crippen LogP contribution in [0, 0.1) is 0 Å². The van der Waals surface area contributed by atoms with Gasteiger partial charge in [-0.25, -0.2) is 0 Å². The fraction of sp³-hybridized carbons (Fsp3) is 0.364. The number of benzene rings is 2. The molecule has 148 valence electrons. The second-order valence-corrected chi connectivity index (χ2v) is 7.99. The molecular weight excluding hydrogens is 356 g/mol. The van der Waals surface area contributed by atoms with Crippen molar-refractivity contribution in [2.45, 2.75) is 38.3 Å². The Morgan fingerprint density at radius 3 is 2.36 bits per heavy atom. The van der Waals surface area contributed by atoms with Crippen LogP contribution in [0.1, 0.15) is 48.4 Å². The Morgan fingerprint density at radius 2 is 1.79 bits per heavy atom. The fourth-order valence-corrected chi connectivity index (χ4v) is 3.16. The lowest BCUT2D eigenvalue weighted by Crippen LogP contribution is -2.49. The maximum absolute atomic E-state index is 12.5. The maximum atomic E-state index is 12.5. The number of hydrogen-bond donors (Lipinski definition) is 3. The van der Waals surface area contributed by atoms with E-state index in [1.165, 1.54) is 5.56 Å². The molecule has 2 aromatic carbocycles. The van der Waals surface area contributed by atoms with Gasteiger partial charge in [0.05, 0.1) is 12.6 Å². The third-order valence-electron chi connectivity index (χ3n) is 4.81. The standard InChI is InChI=1S/C22H26N2O4/c1-22(2,3)16-8-4-15(5-9-16)21(27)23-17-10-6-14(7-11-17)20-18(12-25)24-19(26)13-28-20/h4-11,18,20,25H,12-13H2,1-3H3,(H,23,27)(H,24,26). The first kappa shape index (κ1) is 20.0. The van der Waals surface area contributed by atoms with Crippen LogP contribution in [0.2, 0.25) is 0 Å². The van der Waals surface area contributed by atoms with Crippen LogP contribution in [-0.4, -0.2) is 36.2 Å². The minimum absolute atomic E-state index is 0.0375. The van der Waals surface area contributed by atoms with Crippen molar-refractivity contribution in [3.63, 3.8) is 0 Å². The number of aliphatic hydroxyl groups is 1. The Bertz CT molecular complexity index is 838. The number of morpholine rings is 1. The number of hydrogen-bond acceptors (Lipinski definition) is 4. The fourth-order valence-electron chi connectivity index (χ4n) is 3.16. The molecule has 0 spiro atoms. The summed E-state index contributed by atoms with van der Waals surface area (Å²) in [5.74, 6) is -0.417. The first-order valence-electron chi connectivity index (χ1n) is 9.31.